The highest BCUT2D eigenvalue weighted by atomic mass is 32.2. The Morgan fingerprint density at radius 2 is 1.89 bits per heavy atom. The molecule has 0 aliphatic rings. The summed E-state index contributed by atoms with van der Waals surface area (Å²) in [5.41, 5.74) is 1.12. The monoisotopic (exact) mass is 281 g/mol. The van der Waals surface area contributed by atoms with Gasteiger partial charge in [0.25, 0.3) is 0 Å². The molecule has 3 nitrogen and oxygen atoms in total. The standard InChI is InChI=1S/C13H15NO2S2/c1-18(15,16)14-12(13-8-5-9-17-13)10-11-6-3-2-4-7-11/h2-9,12,14H,10H2,1H3. The van der Waals surface area contributed by atoms with Gasteiger partial charge in [-0.3, -0.25) is 0 Å². The summed E-state index contributed by atoms with van der Waals surface area (Å²) in [5, 5.41) is 1.96. The van der Waals surface area contributed by atoms with Crippen molar-refractivity contribution in [2.45, 2.75) is 12.5 Å². The third kappa shape index (κ3) is 3.94. The smallest absolute Gasteiger partial charge is 0.209 e. The van der Waals surface area contributed by atoms with Gasteiger partial charge in [-0.15, -0.1) is 11.3 Å². The first-order valence-corrected chi connectivity index (χ1v) is 8.36. The van der Waals surface area contributed by atoms with Crippen LogP contribution in [0, 0.1) is 0 Å². The van der Waals surface area contributed by atoms with Crippen LogP contribution in [0.4, 0.5) is 0 Å². The van der Waals surface area contributed by atoms with E-state index in [1.807, 2.05) is 47.8 Å². The molecule has 18 heavy (non-hydrogen) atoms. The van der Waals surface area contributed by atoms with Gasteiger partial charge >= 0.3 is 0 Å². The Bertz CT molecular complexity index is 577. The Balaban J connectivity index is 2.21. The topological polar surface area (TPSA) is 46.2 Å². The van der Waals surface area contributed by atoms with Crippen molar-refractivity contribution in [2.75, 3.05) is 6.26 Å². The highest BCUT2D eigenvalue weighted by Crippen LogP contribution is 2.23. The molecule has 1 aromatic carbocycles. The summed E-state index contributed by atoms with van der Waals surface area (Å²) in [5.74, 6) is 0. The fraction of sp³-hybridized carbons (Fsp3) is 0.231. The molecule has 0 bridgehead atoms. The van der Waals surface area contributed by atoms with E-state index in [9.17, 15) is 8.42 Å². The minimum atomic E-state index is -3.21. The highest BCUT2D eigenvalue weighted by molar-refractivity contribution is 7.88. The predicted octanol–water partition coefficient (Wildman–Crippen LogP) is 2.58. The average molecular weight is 281 g/mol. The van der Waals surface area contributed by atoms with Crippen LogP contribution in [0.1, 0.15) is 16.5 Å². The molecule has 96 valence electrons. The third-order valence-electron chi connectivity index (χ3n) is 2.53. The molecular formula is C13H15NO2S2. The van der Waals surface area contributed by atoms with Gasteiger partial charge in [0, 0.05) is 4.88 Å². The van der Waals surface area contributed by atoms with Gasteiger partial charge in [0.1, 0.15) is 0 Å². The zero-order chi connectivity index (χ0) is 13.0. The SMILES string of the molecule is CS(=O)(=O)NC(Cc1ccccc1)c1cccs1. The highest BCUT2D eigenvalue weighted by Gasteiger charge is 2.17. The maximum Gasteiger partial charge on any atom is 0.209 e. The van der Waals surface area contributed by atoms with Crippen LogP contribution in [0.25, 0.3) is 0 Å². The average Bonchev–Trinajstić information content (AvgIpc) is 2.81. The largest absolute Gasteiger partial charge is 0.213 e. The van der Waals surface area contributed by atoms with Crippen molar-refractivity contribution in [2.24, 2.45) is 0 Å². The first-order chi connectivity index (χ1) is 8.54. The predicted molar refractivity (Wildman–Crippen MR) is 75.2 cm³/mol. The molecular weight excluding hydrogens is 266 g/mol. The van der Waals surface area contributed by atoms with Gasteiger partial charge in [0.2, 0.25) is 10.0 Å². The second kappa shape index (κ2) is 5.65. The van der Waals surface area contributed by atoms with Gasteiger partial charge in [0.05, 0.1) is 12.3 Å². The first-order valence-electron chi connectivity index (χ1n) is 5.59. The molecule has 0 aliphatic heterocycles. The van der Waals surface area contributed by atoms with Crippen LogP contribution in [0.15, 0.2) is 47.8 Å². The van der Waals surface area contributed by atoms with Crippen LogP contribution >= 0.6 is 11.3 Å². The molecule has 0 spiro atoms. The summed E-state index contributed by atoms with van der Waals surface area (Å²) in [7, 11) is -3.21. The molecule has 1 heterocycles. The lowest BCUT2D eigenvalue weighted by atomic mass is 10.1. The van der Waals surface area contributed by atoms with E-state index in [1.165, 1.54) is 6.26 Å². The quantitative estimate of drug-likeness (QED) is 0.915. The van der Waals surface area contributed by atoms with E-state index < -0.39 is 10.0 Å². The van der Waals surface area contributed by atoms with E-state index in [-0.39, 0.29) is 6.04 Å². The second-order valence-corrected chi connectivity index (χ2v) is 6.91. The first kappa shape index (κ1) is 13.3. The number of benzene rings is 1. The van der Waals surface area contributed by atoms with E-state index in [2.05, 4.69) is 4.72 Å². The Labute approximate surface area is 112 Å². The molecule has 0 saturated carbocycles. The van der Waals surface area contributed by atoms with Gasteiger partial charge in [-0.2, -0.15) is 0 Å². The summed E-state index contributed by atoms with van der Waals surface area (Å²) >= 11 is 1.56. The number of nitrogens with one attached hydrogen (secondary N) is 1. The third-order valence-corrected chi connectivity index (χ3v) is 4.22. The molecule has 1 N–H and O–H groups in total. The lowest BCUT2D eigenvalue weighted by Crippen LogP contribution is -2.28. The lowest BCUT2D eigenvalue weighted by Gasteiger charge is -2.16. The Hall–Kier alpha value is -1.17. The number of rotatable bonds is 5. The molecule has 0 saturated heterocycles. The Morgan fingerprint density at radius 1 is 1.17 bits per heavy atom. The lowest BCUT2D eigenvalue weighted by molar-refractivity contribution is 0.563. The van der Waals surface area contributed by atoms with Crippen LogP contribution in [-0.4, -0.2) is 14.7 Å². The summed E-state index contributed by atoms with van der Waals surface area (Å²) < 4.78 is 25.5. The normalized spacial score (nSPS) is 13.4. The fourth-order valence-electron chi connectivity index (χ4n) is 1.80. The van der Waals surface area contributed by atoms with Crippen LogP contribution in [-0.2, 0) is 16.4 Å². The molecule has 0 amide bonds. The number of hydrogen-bond acceptors (Lipinski definition) is 3. The van der Waals surface area contributed by atoms with Crippen LogP contribution in [0.2, 0.25) is 0 Å². The van der Waals surface area contributed by atoms with Crippen molar-refractivity contribution in [3.63, 3.8) is 0 Å². The van der Waals surface area contributed by atoms with Crippen molar-refractivity contribution < 1.29 is 8.42 Å². The van der Waals surface area contributed by atoms with Crippen molar-refractivity contribution in [3.05, 3.63) is 58.3 Å². The summed E-state index contributed by atoms with van der Waals surface area (Å²) in [6, 6.07) is 13.6. The Kier molecular flexibility index (Phi) is 4.16. The molecule has 2 rings (SSSR count). The molecule has 0 aliphatic carbocycles. The Morgan fingerprint density at radius 3 is 2.44 bits per heavy atom. The minimum absolute atomic E-state index is 0.192. The molecule has 1 aromatic heterocycles. The van der Waals surface area contributed by atoms with Gasteiger partial charge < -0.3 is 0 Å². The van der Waals surface area contributed by atoms with Crippen molar-refractivity contribution in [3.8, 4) is 0 Å². The second-order valence-electron chi connectivity index (χ2n) is 4.15. The maximum atomic E-state index is 11.4. The van der Waals surface area contributed by atoms with Crippen molar-refractivity contribution in [1.82, 2.24) is 4.72 Å². The zero-order valence-corrected chi connectivity index (χ0v) is 11.7. The molecule has 2 aromatic rings. The van der Waals surface area contributed by atoms with E-state index in [0.717, 1.165) is 10.4 Å². The van der Waals surface area contributed by atoms with E-state index >= 15 is 0 Å². The molecule has 1 atom stereocenters. The van der Waals surface area contributed by atoms with Gasteiger partial charge in [-0.1, -0.05) is 36.4 Å². The van der Waals surface area contributed by atoms with Crippen LogP contribution < -0.4 is 4.72 Å². The van der Waals surface area contributed by atoms with Gasteiger partial charge in [-0.05, 0) is 23.4 Å². The van der Waals surface area contributed by atoms with E-state index in [4.69, 9.17) is 0 Å². The minimum Gasteiger partial charge on any atom is -0.213 e. The van der Waals surface area contributed by atoms with Gasteiger partial charge in [0.15, 0.2) is 0 Å². The van der Waals surface area contributed by atoms with Crippen LogP contribution in [0.3, 0.4) is 0 Å². The number of sulfonamides is 1. The van der Waals surface area contributed by atoms with E-state index in [1.54, 1.807) is 11.3 Å². The van der Waals surface area contributed by atoms with Crippen molar-refractivity contribution in [1.29, 1.82) is 0 Å². The summed E-state index contributed by atoms with van der Waals surface area (Å²) in [4.78, 5) is 1.03. The number of thiophene rings is 1. The molecule has 1 unspecified atom stereocenters. The fourth-order valence-corrected chi connectivity index (χ4v) is 3.38. The molecule has 0 radical (unpaired) electrons. The van der Waals surface area contributed by atoms with Gasteiger partial charge in [-0.25, -0.2) is 13.1 Å². The summed E-state index contributed by atoms with van der Waals surface area (Å²) in [6.07, 6.45) is 1.85. The molecule has 5 heteroatoms. The molecule has 0 fully saturated rings. The number of hydrogen-bond donors (Lipinski definition) is 1. The zero-order valence-electron chi connectivity index (χ0n) is 10.0. The summed E-state index contributed by atoms with van der Waals surface area (Å²) in [6.45, 7) is 0. The van der Waals surface area contributed by atoms with Crippen molar-refractivity contribution >= 4 is 21.4 Å². The maximum absolute atomic E-state index is 11.4. The van der Waals surface area contributed by atoms with E-state index in [0.29, 0.717) is 6.42 Å². The van der Waals surface area contributed by atoms with Crippen LogP contribution in [0.5, 0.6) is 0 Å².